The third-order valence-electron chi connectivity index (χ3n) is 5.71. The van der Waals surface area contributed by atoms with Gasteiger partial charge < -0.3 is 5.32 Å². The third-order valence-corrected chi connectivity index (χ3v) is 6.65. The largest absolute Gasteiger partial charge is 0.453 e. The van der Waals surface area contributed by atoms with Crippen molar-refractivity contribution in [2.24, 2.45) is 0 Å². The second-order valence-electron chi connectivity index (χ2n) is 8.42. The number of hydrogen-bond donors (Lipinski definition) is 1. The SMILES string of the molecule is Cc1nc2nc(C(F)(F)F)nn2c(C)c1CC(=O)NC(c1ccc(C(C)C)cc1)c1cccs1. The van der Waals surface area contributed by atoms with Crippen LogP contribution in [0.4, 0.5) is 13.2 Å². The van der Waals surface area contributed by atoms with Crippen molar-refractivity contribution in [1.82, 2.24) is 24.9 Å². The summed E-state index contributed by atoms with van der Waals surface area (Å²) in [6, 6.07) is 11.7. The minimum absolute atomic E-state index is 0.0478. The van der Waals surface area contributed by atoms with Crippen LogP contribution in [-0.4, -0.2) is 25.5 Å². The highest BCUT2D eigenvalue weighted by Gasteiger charge is 2.37. The number of carbonyl (C=O) groups excluding carboxylic acids is 1. The van der Waals surface area contributed by atoms with Crippen LogP contribution in [0.2, 0.25) is 0 Å². The van der Waals surface area contributed by atoms with Gasteiger partial charge in [-0.25, -0.2) is 9.50 Å². The average molecular weight is 488 g/mol. The predicted molar refractivity (Wildman–Crippen MR) is 124 cm³/mol. The van der Waals surface area contributed by atoms with Crippen molar-refractivity contribution in [3.63, 3.8) is 0 Å². The van der Waals surface area contributed by atoms with Gasteiger partial charge >= 0.3 is 6.18 Å². The second-order valence-corrected chi connectivity index (χ2v) is 9.40. The van der Waals surface area contributed by atoms with E-state index in [2.05, 4.69) is 46.4 Å². The lowest BCUT2D eigenvalue weighted by molar-refractivity contribution is -0.144. The second kappa shape index (κ2) is 9.17. The van der Waals surface area contributed by atoms with Gasteiger partial charge in [-0.3, -0.25) is 4.79 Å². The first kappa shape index (κ1) is 23.9. The van der Waals surface area contributed by atoms with Crippen molar-refractivity contribution in [3.8, 4) is 0 Å². The molecule has 0 aliphatic heterocycles. The van der Waals surface area contributed by atoms with Gasteiger partial charge in [-0.1, -0.05) is 44.2 Å². The molecular formula is C24H24F3N5OS. The molecule has 4 rings (SSSR count). The van der Waals surface area contributed by atoms with Crippen molar-refractivity contribution in [2.75, 3.05) is 0 Å². The van der Waals surface area contributed by atoms with E-state index in [0.29, 0.717) is 22.9 Å². The molecule has 0 aliphatic carbocycles. The highest BCUT2D eigenvalue weighted by atomic mass is 32.1. The van der Waals surface area contributed by atoms with E-state index in [1.807, 2.05) is 29.6 Å². The van der Waals surface area contributed by atoms with Crippen LogP contribution in [0.1, 0.15) is 64.6 Å². The summed E-state index contributed by atoms with van der Waals surface area (Å²) in [5.74, 6) is -1.28. The maximum Gasteiger partial charge on any atom is 0.453 e. The minimum Gasteiger partial charge on any atom is -0.344 e. The van der Waals surface area contributed by atoms with Crippen LogP contribution in [0, 0.1) is 13.8 Å². The average Bonchev–Trinajstić information content (AvgIpc) is 3.45. The Morgan fingerprint density at radius 3 is 2.35 bits per heavy atom. The molecule has 0 saturated heterocycles. The Labute approximate surface area is 198 Å². The number of hydrogen-bond acceptors (Lipinski definition) is 5. The number of benzene rings is 1. The molecule has 1 amide bonds. The van der Waals surface area contributed by atoms with E-state index in [-0.39, 0.29) is 24.1 Å². The topological polar surface area (TPSA) is 72.2 Å². The molecule has 0 fully saturated rings. The van der Waals surface area contributed by atoms with E-state index >= 15 is 0 Å². The lowest BCUT2D eigenvalue weighted by Gasteiger charge is -2.20. The van der Waals surface area contributed by atoms with Crippen LogP contribution in [-0.2, 0) is 17.4 Å². The van der Waals surface area contributed by atoms with Gasteiger partial charge in [0.1, 0.15) is 0 Å². The predicted octanol–water partition coefficient (Wildman–Crippen LogP) is 5.39. The molecule has 1 N–H and O–H groups in total. The molecular weight excluding hydrogens is 463 g/mol. The van der Waals surface area contributed by atoms with Gasteiger partial charge in [-0.15, -0.1) is 16.4 Å². The van der Waals surface area contributed by atoms with E-state index < -0.39 is 12.0 Å². The number of halogens is 3. The maximum absolute atomic E-state index is 13.1. The molecule has 34 heavy (non-hydrogen) atoms. The summed E-state index contributed by atoms with van der Waals surface area (Å²) in [5.41, 5.74) is 3.51. The maximum atomic E-state index is 13.1. The van der Waals surface area contributed by atoms with Crippen LogP contribution < -0.4 is 5.32 Å². The Balaban J connectivity index is 1.62. The molecule has 1 atom stereocenters. The summed E-state index contributed by atoms with van der Waals surface area (Å²) in [4.78, 5) is 21.7. The number of aryl methyl sites for hydroxylation is 2. The zero-order valence-corrected chi connectivity index (χ0v) is 20.0. The van der Waals surface area contributed by atoms with Crippen molar-refractivity contribution in [2.45, 2.75) is 52.3 Å². The molecule has 10 heteroatoms. The fourth-order valence-electron chi connectivity index (χ4n) is 3.80. The highest BCUT2D eigenvalue weighted by molar-refractivity contribution is 7.10. The van der Waals surface area contributed by atoms with E-state index in [9.17, 15) is 18.0 Å². The van der Waals surface area contributed by atoms with Gasteiger partial charge in [-0.2, -0.15) is 18.2 Å². The number of nitrogens with one attached hydrogen (secondary N) is 1. The fraction of sp³-hybridized carbons (Fsp3) is 0.333. The van der Waals surface area contributed by atoms with Crippen molar-refractivity contribution in [3.05, 3.63) is 80.6 Å². The number of alkyl halides is 3. The number of aromatic nitrogens is 4. The summed E-state index contributed by atoms with van der Waals surface area (Å²) in [6.45, 7) is 7.51. The first-order valence-electron chi connectivity index (χ1n) is 10.8. The number of nitrogens with zero attached hydrogens (tertiary/aromatic N) is 4. The van der Waals surface area contributed by atoms with E-state index in [0.717, 1.165) is 15.0 Å². The van der Waals surface area contributed by atoms with Crippen molar-refractivity contribution < 1.29 is 18.0 Å². The monoisotopic (exact) mass is 487 g/mol. The Morgan fingerprint density at radius 2 is 1.76 bits per heavy atom. The lowest BCUT2D eigenvalue weighted by Crippen LogP contribution is -2.31. The Bertz CT molecular complexity index is 1310. The fourth-order valence-corrected chi connectivity index (χ4v) is 4.61. The van der Waals surface area contributed by atoms with Crippen LogP contribution >= 0.6 is 11.3 Å². The van der Waals surface area contributed by atoms with Crippen LogP contribution in [0.15, 0.2) is 41.8 Å². The number of rotatable bonds is 6. The Hall–Kier alpha value is -3.27. The lowest BCUT2D eigenvalue weighted by atomic mass is 9.98. The molecule has 6 nitrogen and oxygen atoms in total. The molecule has 0 radical (unpaired) electrons. The molecule has 0 saturated carbocycles. The smallest absolute Gasteiger partial charge is 0.344 e. The summed E-state index contributed by atoms with van der Waals surface area (Å²) in [6.07, 6.45) is -4.72. The van der Waals surface area contributed by atoms with Gasteiger partial charge in [0.2, 0.25) is 5.91 Å². The first-order valence-corrected chi connectivity index (χ1v) is 11.6. The molecule has 178 valence electrons. The molecule has 4 aromatic rings. The number of fused-ring (bicyclic) bond motifs is 1. The third kappa shape index (κ3) is 4.82. The highest BCUT2D eigenvalue weighted by Crippen LogP contribution is 2.29. The number of carbonyl (C=O) groups is 1. The molecule has 3 aromatic heterocycles. The van der Waals surface area contributed by atoms with Gasteiger partial charge in [0.25, 0.3) is 11.6 Å². The van der Waals surface area contributed by atoms with Gasteiger partial charge in [-0.05, 0) is 42.3 Å². The standard InChI is InChI=1S/C24H24F3N5OS/c1-13(2)16-7-9-17(10-8-16)21(19-6-5-11-34-19)29-20(33)12-18-14(3)28-23-30-22(24(25,26)27)31-32(23)15(18)4/h5-11,13,21H,12H2,1-4H3,(H,29,33). The molecule has 0 spiro atoms. The van der Waals surface area contributed by atoms with Crippen LogP contribution in [0.3, 0.4) is 0 Å². The van der Waals surface area contributed by atoms with Crippen LogP contribution in [0.25, 0.3) is 5.78 Å². The van der Waals surface area contributed by atoms with Gasteiger partial charge in [0, 0.05) is 21.8 Å². The van der Waals surface area contributed by atoms with Crippen LogP contribution in [0.5, 0.6) is 0 Å². The zero-order chi connectivity index (χ0) is 24.6. The summed E-state index contributed by atoms with van der Waals surface area (Å²) >= 11 is 1.54. The Kier molecular flexibility index (Phi) is 6.44. The summed E-state index contributed by atoms with van der Waals surface area (Å²) in [7, 11) is 0. The molecule has 0 aliphatic rings. The quantitative estimate of drug-likeness (QED) is 0.396. The van der Waals surface area contributed by atoms with E-state index in [1.54, 1.807) is 25.2 Å². The summed E-state index contributed by atoms with van der Waals surface area (Å²) < 4.78 is 40.2. The van der Waals surface area contributed by atoms with Gasteiger partial charge in [0.15, 0.2) is 0 Å². The number of thiophene rings is 1. The Morgan fingerprint density at radius 1 is 1.09 bits per heavy atom. The van der Waals surface area contributed by atoms with E-state index in [4.69, 9.17) is 0 Å². The van der Waals surface area contributed by atoms with E-state index in [1.165, 1.54) is 5.56 Å². The van der Waals surface area contributed by atoms with Crippen molar-refractivity contribution >= 4 is 23.0 Å². The van der Waals surface area contributed by atoms with Gasteiger partial charge in [0.05, 0.1) is 12.5 Å². The minimum atomic E-state index is -4.68. The normalized spacial score (nSPS) is 12.9. The molecule has 1 aromatic carbocycles. The number of amides is 1. The molecule has 3 heterocycles. The molecule has 1 unspecified atom stereocenters. The first-order chi connectivity index (χ1) is 16.0. The molecule has 0 bridgehead atoms. The summed E-state index contributed by atoms with van der Waals surface area (Å²) in [5, 5.41) is 8.59. The van der Waals surface area contributed by atoms with Crippen molar-refractivity contribution in [1.29, 1.82) is 0 Å². The zero-order valence-electron chi connectivity index (χ0n) is 19.1.